The van der Waals surface area contributed by atoms with Gasteiger partial charge in [-0.2, -0.15) is 0 Å². The molecule has 0 unspecified atom stereocenters. The molecule has 19 heavy (non-hydrogen) atoms. The van der Waals surface area contributed by atoms with Gasteiger partial charge in [0.05, 0.1) is 6.61 Å². The van der Waals surface area contributed by atoms with Crippen molar-refractivity contribution in [3.63, 3.8) is 0 Å². The molecule has 0 bridgehead atoms. The molecule has 0 saturated carbocycles. The highest BCUT2D eigenvalue weighted by Gasteiger charge is 2.02. The second kappa shape index (κ2) is 5.88. The lowest BCUT2D eigenvalue weighted by atomic mass is 10.2. The van der Waals surface area contributed by atoms with Crippen LogP contribution >= 0.6 is 0 Å². The lowest BCUT2D eigenvalue weighted by molar-refractivity contribution is 0.262. The summed E-state index contributed by atoms with van der Waals surface area (Å²) in [6.45, 7) is -0.0181. The molecular weight excluding hydrogens is 242 g/mol. The van der Waals surface area contributed by atoms with Crippen molar-refractivity contribution < 1.29 is 9.90 Å². The minimum absolute atomic E-state index is 0.0181. The Morgan fingerprint density at radius 3 is 2.37 bits per heavy atom. The first-order chi connectivity index (χ1) is 9.17. The third-order valence-corrected chi connectivity index (χ3v) is 2.54. The van der Waals surface area contributed by atoms with Crippen molar-refractivity contribution in [3.8, 4) is 0 Å². The molecule has 0 aliphatic heterocycles. The number of hydrogen-bond acceptors (Lipinski definition) is 3. The fourth-order valence-electron chi connectivity index (χ4n) is 1.60. The van der Waals surface area contributed by atoms with Gasteiger partial charge in [-0.3, -0.25) is 0 Å². The number of nitrogens with one attached hydrogen (secondary N) is 2. The number of nitrogen functional groups attached to an aromatic ring is 1. The second-order valence-electron chi connectivity index (χ2n) is 4.06. The Hall–Kier alpha value is -2.53. The van der Waals surface area contributed by atoms with Crippen LogP contribution in [0.2, 0.25) is 0 Å². The predicted octanol–water partition coefficient (Wildman–Crippen LogP) is 2.41. The largest absolute Gasteiger partial charge is 0.399 e. The van der Waals surface area contributed by atoms with Gasteiger partial charge in [-0.05, 0) is 35.9 Å². The van der Waals surface area contributed by atoms with Crippen LogP contribution < -0.4 is 16.4 Å². The quantitative estimate of drug-likeness (QED) is 0.637. The van der Waals surface area contributed by atoms with Crippen molar-refractivity contribution >= 4 is 23.1 Å². The highest BCUT2D eigenvalue weighted by Crippen LogP contribution is 2.13. The summed E-state index contributed by atoms with van der Waals surface area (Å²) in [5.41, 5.74) is 8.29. The molecule has 2 amide bonds. The Balaban J connectivity index is 1.97. The molecule has 0 radical (unpaired) electrons. The van der Waals surface area contributed by atoms with Gasteiger partial charge in [0.2, 0.25) is 0 Å². The highest BCUT2D eigenvalue weighted by atomic mass is 16.3. The lowest BCUT2D eigenvalue weighted by Gasteiger charge is -2.08. The minimum atomic E-state index is -0.345. The van der Waals surface area contributed by atoms with Gasteiger partial charge in [0.25, 0.3) is 0 Å². The number of rotatable bonds is 3. The van der Waals surface area contributed by atoms with Crippen LogP contribution in [0.5, 0.6) is 0 Å². The van der Waals surface area contributed by atoms with Crippen LogP contribution in [0.25, 0.3) is 0 Å². The van der Waals surface area contributed by atoms with Gasteiger partial charge in [0.1, 0.15) is 0 Å². The molecule has 0 aromatic heterocycles. The monoisotopic (exact) mass is 257 g/mol. The molecule has 0 atom stereocenters. The Morgan fingerprint density at radius 2 is 1.74 bits per heavy atom. The van der Waals surface area contributed by atoms with Crippen LogP contribution in [-0.2, 0) is 6.61 Å². The number of urea groups is 1. The number of nitrogens with two attached hydrogens (primary N) is 1. The van der Waals surface area contributed by atoms with Gasteiger partial charge < -0.3 is 21.5 Å². The number of carbonyl (C=O) groups excluding carboxylic acids is 1. The van der Waals surface area contributed by atoms with Gasteiger partial charge in [0.15, 0.2) is 0 Å². The predicted molar refractivity (Wildman–Crippen MR) is 75.9 cm³/mol. The van der Waals surface area contributed by atoms with E-state index in [1.807, 2.05) is 0 Å². The number of aliphatic hydroxyl groups excluding tert-OH is 1. The fraction of sp³-hybridized carbons (Fsp3) is 0.0714. The lowest BCUT2D eigenvalue weighted by Crippen LogP contribution is -2.19. The fourth-order valence-corrected chi connectivity index (χ4v) is 1.60. The van der Waals surface area contributed by atoms with E-state index < -0.39 is 0 Å². The summed E-state index contributed by atoms with van der Waals surface area (Å²) in [7, 11) is 0. The van der Waals surface area contributed by atoms with E-state index >= 15 is 0 Å². The topological polar surface area (TPSA) is 87.4 Å². The molecule has 0 heterocycles. The zero-order valence-electron chi connectivity index (χ0n) is 10.3. The average Bonchev–Trinajstić information content (AvgIpc) is 2.39. The molecule has 0 aliphatic rings. The van der Waals surface area contributed by atoms with Crippen molar-refractivity contribution in [1.82, 2.24) is 0 Å². The summed E-state index contributed by atoms with van der Waals surface area (Å²) in [5, 5.41) is 14.3. The normalized spacial score (nSPS) is 9.95. The third-order valence-electron chi connectivity index (χ3n) is 2.54. The van der Waals surface area contributed by atoms with E-state index in [0.29, 0.717) is 17.1 Å². The van der Waals surface area contributed by atoms with E-state index in [0.717, 1.165) is 5.56 Å². The summed E-state index contributed by atoms with van der Waals surface area (Å²) in [4.78, 5) is 11.7. The van der Waals surface area contributed by atoms with E-state index in [1.54, 1.807) is 48.5 Å². The average molecular weight is 257 g/mol. The Bertz CT molecular complexity index is 567. The van der Waals surface area contributed by atoms with Crippen molar-refractivity contribution in [1.29, 1.82) is 0 Å². The first-order valence-electron chi connectivity index (χ1n) is 5.81. The SMILES string of the molecule is Nc1cccc(NC(=O)Nc2ccc(CO)cc2)c1. The first-order valence-corrected chi connectivity index (χ1v) is 5.81. The molecule has 0 saturated heterocycles. The molecule has 0 aliphatic carbocycles. The zero-order chi connectivity index (χ0) is 13.7. The van der Waals surface area contributed by atoms with Crippen molar-refractivity contribution in [2.75, 3.05) is 16.4 Å². The highest BCUT2D eigenvalue weighted by molar-refractivity contribution is 5.99. The molecule has 0 fully saturated rings. The van der Waals surface area contributed by atoms with Crippen molar-refractivity contribution in [2.45, 2.75) is 6.61 Å². The molecule has 2 aromatic rings. The van der Waals surface area contributed by atoms with Gasteiger partial charge in [0, 0.05) is 17.1 Å². The maximum Gasteiger partial charge on any atom is 0.323 e. The molecule has 5 N–H and O–H groups in total. The minimum Gasteiger partial charge on any atom is -0.399 e. The van der Waals surface area contributed by atoms with E-state index in [2.05, 4.69) is 10.6 Å². The van der Waals surface area contributed by atoms with Crippen LogP contribution in [0, 0.1) is 0 Å². The molecule has 5 nitrogen and oxygen atoms in total. The van der Waals surface area contributed by atoms with Crippen molar-refractivity contribution in [2.24, 2.45) is 0 Å². The standard InChI is InChI=1S/C14H15N3O2/c15-11-2-1-3-13(8-11)17-14(19)16-12-6-4-10(9-18)5-7-12/h1-8,18H,9,15H2,(H2,16,17,19). The number of anilines is 3. The summed E-state index contributed by atoms with van der Waals surface area (Å²) in [6, 6.07) is 13.5. The van der Waals surface area contributed by atoms with Gasteiger partial charge >= 0.3 is 6.03 Å². The van der Waals surface area contributed by atoms with E-state index in [1.165, 1.54) is 0 Å². The Kier molecular flexibility index (Phi) is 4.00. The van der Waals surface area contributed by atoms with Gasteiger partial charge in [-0.25, -0.2) is 4.79 Å². The molecule has 2 rings (SSSR count). The van der Waals surface area contributed by atoms with Crippen molar-refractivity contribution in [3.05, 3.63) is 54.1 Å². The maximum absolute atomic E-state index is 11.7. The first kappa shape index (κ1) is 12.9. The number of carbonyl (C=O) groups is 1. The zero-order valence-corrected chi connectivity index (χ0v) is 10.3. The van der Waals surface area contributed by atoms with Gasteiger partial charge in [-0.1, -0.05) is 18.2 Å². The summed E-state index contributed by atoms with van der Waals surface area (Å²) in [5.74, 6) is 0. The number of amides is 2. The second-order valence-corrected chi connectivity index (χ2v) is 4.06. The summed E-state index contributed by atoms with van der Waals surface area (Å²) >= 11 is 0. The summed E-state index contributed by atoms with van der Waals surface area (Å²) in [6.07, 6.45) is 0. The Labute approximate surface area is 111 Å². The van der Waals surface area contributed by atoms with Crippen LogP contribution in [0.15, 0.2) is 48.5 Å². The van der Waals surface area contributed by atoms with Gasteiger partial charge in [-0.15, -0.1) is 0 Å². The molecule has 98 valence electrons. The third kappa shape index (κ3) is 3.72. The number of benzene rings is 2. The Morgan fingerprint density at radius 1 is 1.05 bits per heavy atom. The van der Waals surface area contributed by atoms with E-state index in [-0.39, 0.29) is 12.6 Å². The van der Waals surface area contributed by atoms with E-state index in [9.17, 15) is 4.79 Å². The molecule has 0 spiro atoms. The maximum atomic E-state index is 11.7. The number of aliphatic hydroxyl groups is 1. The summed E-state index contributed by atoms with van der Waals surface area (Å²) < 4.78 is 0. The van der Waals surface area contributed by atoms with Crippen LogP contribution in [0.4, 0.5) is 21.9 Å². The van der Waals surface area contributed by atoms with E-state index in [4.69, 9.17) is 10.8 Å². The van der Waals surface area contributed by atoms with Crippen LogP contribution in [0.1, 0.15) is 5.56 Å². The van der Waals surface area contributed by atoms with Crippen LogP contribution in [-0.4, -0.2) is 11.1 Å². The molecule has 5 heteroatoms. The number of hydrogen-bond donors (Lipinski definition) is 4. The molecule has 2 aromatic carbocycles. The van der Waals surface area contributed by atoms with Crippen LogP contribution in [0.3, 0.4) is 0 Å². The molecular formula is C14H15N3O2. The smallest absolute Gasteiger partial charge is 0.323 e.